The zero-order valence-electron chi connectivity index (χ0n) is 13.4. The van der Waals surface area contributed by atoms with Gasteiger partial charge < -0.3 is 5.11 Å². The Morgan fingerprint density at radius 3 is 2.25 bits per heavy atom. The molecule has 0 amide bonds. The number of fused-ring (bicyclic) bond motifs is 1. The smallest absolute Gasteiger partial charge is 0.315 e. The monoisotopic (exact) mass is 320 g/mol. The zero-order chi connectivity index (χ0) is 16.8. The van der Waals surface area contributed by atoms with Crippen LogP contribution in [0, 0.1) is 11.3 Å². The highest BCUT2D eigenvalue weighted by Gasteiger charge is 2.82. The molecule has 3 heteroatoms. The van der Waals surface area contributed by atoms with E-state index >= 15 is 0 Å². The van der Waals surface area contributed by atoms with E-state index in [1.54, 1.807) is 0 Å². The summed E-state index contributed by atoms with van der Waals surface area (Å²) in [6.45, 7) is 0. The van der Waals surface area contributed by atoms with Crippen LogP contribution in [0.5, 0.6) is 0 Å². The van der Waals surface area contributed by atoms with Crippen molar-refractivity contribution >= 4 is 11.8 Å². The fraction of sp³-hybridized carbons (Fsp3) is 0.333. The number of carbonyl (C=O) groups excluding carboxylic acids is 1. The number of Topliss-reactive ketones (excluding diaryl/α,β-unsaturated/α-hetero) is 1. The molecule has 0 bridgehead atoms. The molecule has 2 aliphatic carbocycles. The molecular weight excluding hydrogens is 300 g/mol. The minimum absolute atomic E-state index is 0.0570. The number of ketones is 1. The molecule has 24 heavy (non-hydrogen) atoms. The second kappa shape index (κ2) is 5.30. The third-order valence-corrected chi connectivity index (χ3v) is 6.15. The first kappa shape index (κ1) is 15.1. The van der Waals surface area contributed by atoms with Gasteiger partial charge in [-0.05, 0) is 24.3 Å². The molecule has 0 unspecified atom stereocenters. The standard InChI is InChI=1S/C21H20O3/c22-17(15-8-3-1-4-9-15)14-20-13-7-12-18(20)21(20,19(23)24)16-10-5-2-6-11-16/h1-6,8-11,18H,7,12-14H2,(H,23,24)/t18-,20-,21-/m0/s1. The van der Waals surface area contributed by atoms with Gasteiger partial charge in [0.05, 0.1) is 0 Å². The van der Waals surface area contributed by atoms with Crippen molar-refractivity contribution in [2.75, 3.05) is 0 Å². The lowest BCUT2D eigenvalue weighted by atomic mass is 9.79. The fourth-order valence-corrected chi connectivity index (χ4v) is 5.21. The maximum absolute atomic E-state index is 12.8. The van der Waals surface area contributed by atoms with Crippen LogP contribution in [0.4, 0.5) is 0 Å². The van der Waals surface area contributed by atoms with Crippen LogP contribution in [0.3, 0.4) is 0 Å². The molecular formula is C21H20O3. The van der Waals surface area contributed by atoms with Gasteiger partial charge in [0.2, 0.25) is 0 Å². The summed E-state index contributed by atoms with van der Waals surface area (Å²) < 4.78 is 0. The lowest BCUT2D eigenvalue weighted by Crippen LogP contribution is -2.31. The van der Waals surface area contributed by atoms with E-state index in [-0.39, 0.29) is 11.7 Å². The van der Waals surface area contributed by atoms with Crippen molar-refractivity contribution in [1.82, 2.24) is 0 Å². The number of hydrogen-bond donors (Lipinski definition) is 1. The van der Waals surface area contributed by atoms with Crippen LogP contribution in [-0.2, 0) is 10.2 Å². The Kier molecular flexibility index (Phi) is 3.34. The van der Waals surface area contributed by atoms with Crippen LogP contribution in [0.15, 0.2) is 60.7 Å². The van der Waals surface area contributed by atoms with E-state index in [0.717, 1.165) is 24.8 Å². The molecule has 0 aromatic heterocycles. The van der Waals surface area contributed by atoms with Crippen LogP contribution in [0.2, 0.25) is 0 Å². The first-order valence-corrected chi connectivity index (χ1v) is 8.50. The summed E-state index contributed by atoms with van der Waals surface area (Å²) in [7, 11) is 0. The van der Waals surface area contributed by atoms with Crippen molar-refractivity contribution in [3.05, 3.63) is 71.8 Å². The quantitative estimate of drug-likeness (QED) is 0.845. The molecule has 0 heterocycles. The Bertz CT molecular complexity index is 783. The highest BCUT2D eigenvalue weighted by atomic mass is 16.4. The molecule has 0 spiro atoms. The van der Waals surface area contributed by atoms with Crippen molar-refractivity contribution in [3.8, 4) is 0 Å². The van der Waals surface area contributed by atoms with Crippen molar-refractivity contribution in [1.29, 1.82) is 0 Å². The Balaban J connectivity index is 1.73. The summed E-state index contributed by atoms with van der Waals surface area (Å²) in [6.07, 6.45) is 3.04. The second-order valence-electron chi connectivity index (χ2n) is 7.05. The van der Waals surface area contributed by atoms with Gasteiger partial charge in [0, 0.05) is 17.4 Å². The molecule has 3 atom stereocenters. The van der Waals surface area contributed by atoms with Crippen LogP contribution in [0.1, 0.15) is 41.6 Å². The SMILES string of the molecule is O=C(C[C@@]12CCC[C@@H]1[C@]2(C(=O)O)c1ccccc1)c1ccccc1. The maximum atomic E-state index is 12.8. The van der Waals surface area contributed by atoms with Gasteiger partial charge >= 0.3 is 5.97 Å². The number of aliphatic carboxylic acids is 1. The van der Waals surface area contributed by atoms with E-state index in [0.29, 0.717) is 12.0 Å². The van der Waals surface area contributed by atoms with Gasteiger partial charge in [0.1, 0.15) is 5.41 Å². The molecule has 122 valence electrons. The lowest BCUT2D eigenvalue weighted by Gasteiger charge is -2.23. The summed E-state index contributed by atoms with van der Waals surface area (Å²) in [5.41, 5.74) is 0.212. The summed E-state index contributed by atoms with van der Waals surface area (Å²) in [5, 5.41) is 10.1. The Hall–Kier alpha value is -2.42. The second-order valence-corrected chi connectivity index (χ2v) is 7.05. The number of benzene rings is 2. The predicted molar refractivity (Wildman–Crippen MR) is 90.9 cm³/mol. The van der Waals surface area contributed by atoms with Crippen LogP contribution < -0.4 is 0 Å². The van der Waals surface area contributed by atoms with Crippen LogP contribution >= 0.6 is 0 Å². The molecule has 4 rings (SSSR count). The molecule has 0 saturated heterocycles. The first-order valence-electron chi connectivity index (χ1n) is 8.50. The van der Waals surface area contributed by atoms with Gasteiger partial charge in [-0.25, -0.2) is 0 Å². The minimum atomic E-state index is -0.892. The van der Waals surface area contributed by atoms with Gasteiger partial charge in [-0.1, -0.05) is 67.1 Å². The van der Waals surface area contributed by atoms with Gasteiger partial charge in [0.15, 0.2) is 5.78 Å². The number of rotatable bonds is 5. The molecule has 0 aliphatic heterocycles. The zero-order valence-corrected chi connectivity index (χ0v) is 13.4. The Morgan fingerprint density at radius 1 is 1.00 bits per heavy atom. The molecule has 2 aliphatic rings. The average molecular weight is 320 g/mol. The number of hydrogen-bond acceptors (Lipinski definition) is 2. The van der Waals surface area contributed by atoms with Crippen molar-refractivity contribution < 1.29 is 14.7 Å². The third-order valence-electron chi connectivity index (χ3n) is 6.15. The van der Waals surface area contributed by atoms with E-state index in [9.17, 15) is 14.7 Å². The van der Waals surface area contributed by atoms with Gasteiger partial charge in [0.25, 0.3) is 0 Å². The molecule has 2 fully saturated rings. The topological polar surface area (TPSA) is 54.4 Å². The van der Waals surface area contributed by atoms with Gasteiger partial charge in [-0.3, -0.25) is 9.59 Å². The number of carbonyl (C=O) groups is 2. The van der Waals surface area contributed by atoms with E-state index in [2.05, 4.69) is 0 Å². The average Bonchev–Trinajstić information content (AvgIpc) is 2.93. The number of carboxylic acid groups (broad SMARTS) is 1. The Labute approximate surface area is 141 Å². The highest BCUT2D eigenvalue weighted by molar-refractivity contribution is 5.99. The molecule has 2 aromatic rings. The summed E-state index contributed by atoms with van der Waals surface area (Å²) in [6, 6.07) is 18.7. The fourth-order valence-electron chi connectivity index (χ4n) is 5.21. The highest BCUT2D eigenvalue weighted by Crippen LogP contribution is 2.78. The van der Waals surface area contributed by atoms with Crippen molar-refractivity contribution in [2.45, 2.75) is 31.1 Å². The first-order chi connectivity index (χ1) is 11.6. The largest absolute Gasteiger partial charge is 0.481 e. The van der Waals surface area contributed by atoms with Crippen LogP contribution in [0.25, 0.3) is 0 Å². The maximum Gasteiger partial charge on any atom is 0.315 e. The predicted octanol–water partition coefficient (Wildman–Crippen LogP) is 4.08. The third kappa shape index (κ3) is 1.84. The van der Waals surface area contributed by atoms with E-state index < -0.39 is 16.8 Å². The summed E-state index contributed by atoms with van der Waals surface area (Å²) in [5.74, 6) is -0.654. The summed E-state index contributed by atoms with van der Waals surface area (Å²) >= 11 is 0. The number of carboxylic acids is 1. The molecule has 3 nitrogen and oxygen atoms in total. The van der Waals surface area contributed by atoms with Gasteiger partial charge in [-0.2, -0.15) is 0 Å². The van der Waals surface area contributed by atoms with E-state index in [4.69, 9.17) is 0 Å². The van der Waals surface area contributed by atoms with Crippen LogP contribution in [-0.4, -0.2) is 16.9 Å². The normalized spacial score (nSPS) is 30.6. The van der Waals surface area contributed by atoms with E-state index in [1.807, 2.05) is 60.7 Å². The molecule has 1 N–H and O–H groups in total. The van der Waals surface area contributed by atoms with Crippen molar-refractivity contribution in [3.63, 3.8) is 0 Å². The molecule has 2 saturated carbocycles. The van der Waals surface area contributed by atoms with Crippen molar-refractivity contribution in [2.24, 2.45) is 11.3 Å². The van der Waals surface area contributed by atoms with Gasteiger partial charge in [-0.15, -0.1) is 0 Å². The lowest BCUT2D eigenvalue weighted by molar-refractivity contribution is -0.141. The van der Waals surface area contributed by atoms with E-state index in [1.165, 1.54) is 0 Å². The summed E-state index contributed by atoms with van der Waals surface area (Å²) in [4.78, 5) is 25.1. The Morgan fingerprint density at radius 2 is 1.62 bits per heavy atom. The molecule has 0 radical (unpaired) electrons. The molecule has 2 aromatic carbocycles. The minimum Gasteiger partial charge on any atom is -0.481 e.